The summed E-state index contributed by atoms with van der Waals surface area (Å²) in [5.41, 5.74) is 0.0182. The van der Waals surface area contributed by atoms with E-state index in [9.17, 15) is 18.3 Å². The zero-order valence-electron chi connectivity index (χ0n) is 15.2. The smallest absolute Gasteiger partial charge is 0.317 e. The SMILES string of the molecule is CS(=O)(=O)CCNC(=O)N1CC[C@@](O)(c2ccccc2)[C@H]2CCCC[C@H]21. The third-order valence-corrected chi connectivity index (χ3v) is 6.71. The zero-order chi connectivity index (χ0) is 18.8. The fourth-order valence-electron chi connectivity index (χ4n) is 4.47. The van der Waals surface area contributed by atoms with Gasteiger partial charge in [0.1, 0.15) is 9.84 Å². The molecule has 3 rings (SSSR count). The molecule has 0 bridgehead atoms. The van der Waals surface area contributed by atoms with Crippen LogP contribution in [-0.2, 0) is 15.4 Å². The van der Waals surface area contributed by atoms with Crippen molar-refractivity contribution in [3.8, 4) is 0 Å². The monoisotopic (exact) mass is 380 g/mol. The summed E-state index contributed by atoms with van der Waals surface area (Å²) in [7, 11) is -3.10. The summed E-state index contributed by atoms with van der Waals surface area (Å²) < 4.78 is 22.5. The number of carbonyl (C=O) groups excluding carboxylic acids is 1. The van der Waals surface area contributed by atoms with Crippen molar-refractivity contribution in [3.63, 3.8) is 0 Å². The second kappa shape index (κ2) is 7.56. The molecule has 144 valence electrons. The third kappa shape index (κ3) is 4.04. The highest BCUT2D eigenvalue weighted by Gasteiger charge is 2.50. The third-order valence-electron chi connectivity index (χ3n) is 5.76. The minimum absolute atomic E-state index is 0.00746. The number of fused-ring (bicyclic) bond motifs is 1. The number of hydrogen-bond acceptors (Lipinski definition) is 4. The van der Waals surface area contributed by atoms with Gasteiger partial charge in [-0.15, -0.1) is 0 Å². The van der Waals surface area contributed by atoms with Gasteiger partial charge in [-0.1, -0.05) is 43.2 Å². The number of sulfone groups is 1. The van der Waals surface area contributed by atoms with Crippen LogP contribution in [0.5, 0.6) is 0 Å². The number of likely N-dealkylation sites (tertiary alicyclic amines) is 1. The van der Waals surface area contributed by atoms with Crippen molar-refractivity contribution in [1.82, 2.24) is 10.2 Å². The number of nitrogens with zero attached hydrogens (tertiary/aromatic N) is 1. The molecule has 6 nitrogen and oxygen atoms in total. The molecule has 26 heavy (non-hydrogen) atoms. The molecule has 0 spiro atoms. The van der Waals surface area contributed by atoms with Gasteiger partial charge >= 0.3 is 6.03 Å². The van der Waals surface area contributed by atoms with Crippen LogP contribution in [0, 0.1) is 5.92 Å². The van der Waals surface area contributed by atoms with Crippen LogP contribution < -0.4 is 5.32 Å². The Hall–Kier alpha value is -1.60. The summed E-state index contributed by atoms with van der Waals surface area (Å²) in [4.78, 5) is 14.4. The molecular weight excluding hydrogens is 352 g/mol. The highest BCUT2D eigenvalue weighted by atomic mass is 32.2. The standard InChI is InChI=1S/C19H28N2O4S/c1-26(24,25)14-12-20-18(22)21-13-11-19(23,15-7-3-2-4-8-15)16-9-5-6-10-17(16)21/h2-4,7-8,16-17,23H,5-6,9-14H2,1H3,(H,20,22)/t16-,17+,19+/m0/s1. The Morgan fingerprint density at radius 2 is 1.96 bits per heavy atom. The molecule has 1 saturated heterocycles. The number of carbonyl (C=O) groups is 1. The van der Waals surface area contributed by atoms with Gasteiger partial charge in [-0.3, -0.25) is 0 Å². The predicted octanol–water partition coefficient (Wildman–Crippen LogP) is 1.89. The van der Waals surface area contributed by atoms with Crippen LogP contribution in [0.1, 0.15) is 37.7 Å². The Labute approximate surface area is 155 Å². The van der Waals surface area contributed by atoms with Crippen LogP contribution in [0.15, 0.2) is 30.3 Å². The number of piperidine rings is 1. The molecule has 1 aliphatic heterocycles. The average Bonchev–Trinajstić information content (AvgIpc) is 2.62. The predicted molar refractivity (Wildman–Crippen MR) is 101 cm³/mol. The molecule has 0 aromatic heterocycles. The summed E-state index contributed by atoms with van der Waals surface area (Å²) in [6.07, 6.45) is 5.52. The van der Waals surface area contributed by atoms with Crippen LogP contribution in [0.2, 0.25) is 0 Å². The van der Waals surface area contributed by atoms with Gasteiger partial charge in [-0.05, 0) is 24.8 Å². The molecule has 7 heteroatoms. The van der Waals surface area contributed by atoms with Crippen molar-refractivity contribution in [3.05, 3.63) is 35.9 Å². The molecule has 1 aromatic rings. The summed E-state index contributed by atoms with van der Waals surface area (Å²) in [6.45, 7) is 0.589. The topological polar surface area (TPSA) is 86.7 Å². The lowest BCUT2D eigenvalue weighted by Gasteiger charge is -2.52. The molecular formula is C19H28N2O4S. The number of amides is 2. The van der Waals surface area contributed by atoms with Crippen LogP contribution in [0.4, 0.5) is 4.79 Å². The molecule has 0 radical (unpaired) electrons. The normalized spacial score (nSPS) is 29.1. The minimum Gasteiger partial charge on any atom is -0.385 e. The lowest BCUT2D eigenvalue weighted by atomic mass is 9.66. The maximum absolute atomic E-state index is 12.6. The number of aliphatic hydroxyl groups is 1. The lowest BCUT2D eigenvalue weighted by molar-refractivity contribution is -0.108. The summed E-state index contributed by atoms with van der Waals surface area (Å²) in [6, 6.07) is 9.52. The van der Waals surface area contributed by atoms with E-state index in [0.29, 0.717) is 13.0 Å². The Kier molecular flexibility index (Phi) is 5.58. The van der Waals surface area contributed by atoms with E-state index in [1.807, 2.05) is 35.2 Å². The Morgan fingerprint density at radius 3 is 2.65 bits per heavy atom. The first-order valence-corrected chi connectivity index (χ1v) is 11.4. The maximum atomic E-state index is 12.6. The molecule has 1 heterocycles. The van der Waals surface area contributed by atoms with E-state index in [0.717, 1.165) is 37.5 Å². The van der Waals surface area contributed by atoms with Crippen molar-refractivity contribution < 1.29 is 18.3 Å². The van der Waals surface area contributed by atoms with Gasteiger partial charge in [0.05, 0.1) is 11.4 Å². The van der Waals surface area contributed by atoms with Gasteiger partial charge < -0.3 is 15.3 Å². The number of benzene rings is 1. The van der Waals surface area contributed by atoms with E-state index >= 15 is 0 Å². The highest BCUT2D eigenvalue weighted by molar-refractivity contribution is 7.90. The average molecular weight is 381 g/mol. The maximum Gasteiger partial charge on any atom is 0.317 e. The molecule has 0 unspecified atom stereocenters. The van der Waals surface area contributed by atoms with Gasteiger partial charge in [-0.2, -0.15) is 0 Å². The molecule has 2 N–H and O–H groups in total. The molecule has 1 aliphatic carbocycles. The van der Waals surface area contributed by atoms with Crippen molar-refractivity contribution in [2.24, 2.45) is 5.92 Å². The second-order valence-electron chi connectivity index (χ2n) is 7.55. The molecule has 2 amide bonds. The number of rotatable bonds is 4. The van der Waals surface area contributed by atoms with Crippen LogP contribution in [0.3, 0.4) is 0 Å². The van der Waals surface area contributed by atoms with Gasteiger partial charge in [0.15, 0.2) is 0 Å². The van der Waals surface area contributed by atoms with Crippen LogP contribution in [-0.4, -0.2) is 55.6 Å². The van der Waals surface area contributed by atoms with Gasteiger partial charge in [0, 0.05) is 31.3 Å². The minimum atomic E-state index is -3.10. The van der Waals surface area contributed by atoms with Crippen molar-refractivity contribution in [1.29, 1.82) is 0 Å². The van der Waals surface area contributed by atoms with Gasteiger partial charge in [-0.25, -0.2) is 13.2 Å². The van der Waals surface area contributed by atoms with Crippen LogP contribution >= 0.6 is 0 Å². The fraction of sp³-hybridized carbons (Fsp3) is 0.632. The largest absolute Gasteiger partial charge is 0.385 e. The Bertz CT molecular complexity index is 737. The summed E-state index contributed by atoms with van der Waals surface area (Å²) in [5, 5.41) is 14.2. The molecule has 1 aromatic carbocycles. The van der Waals surface area contributed by atoms with Gasteiger partial charge in [0.2, 0.25) is 0 Å². The number of hydrogen-bond donors (Lipinski definition) is 2. The number of nitrogens with one attached hydrogen (secondary N) is 1. The molecule has 2 fully saturated rings. The first-order chi connectivity index (χ1) is 12.3. The van der Waals surface area contributed by atoms with E-state index in [4.69, 9.17) is 0 Å². The Morgan fingerprint density at radius 1 is 1.27 bits per heavy atom. The van der Waals surface area contributed by atoms with E-state index in [1.54, 1.807) is 0 Å². The highest BCUT2D eigenvalue weighted by Crippen LogP contribution is 2.46. The van der Waals surface area contributed by atoms with E-state index in [-0.39, 0.29) is 30.3 Å². The molecule has 3 atom stereocenters. The van der Waals surface area contributed by atoms with Crippen molar-refractivity contribution in [2.45, 2.75) is 43.7 Å². The van der Waals surface area contributed by atoms with Crippen LogP contribution in [0.25, 0.3) is 0 Å². The molecule has 2 aliphatic rings. The van der Waals surface area contributed by atoms with Gasteiger partial charge in [0.25, 0.3) is 0 Å². The lowest BCUT2D eigenvalue weighted by Crippen LogP contribution is -2.60. The Balaban J connectivity index is 1.75. The zero-order valence-corrected chi connectivity index (χ0v) is 16.0. The molecule has 1 saturated carbocycles. The first kappa shape index (κ1) is 19.2. The van der Waals surface area contributed by atoms with Crippen molar-refractivity contribution in [2.75, 3.05) is 25.1 Å². The fourth-order valence-corrected chi connectivity index (χ4v) is 4.94. The second-order valence-corrected chi connectivity index (χ2v) is 9.81. The summed E-state index contributed by atoms with van der Waals surface area (Å²) in [5.74, 6) is -0.0534. The van der Waals surface area contributed by atoms with Crippen molar-refractivity contribution >= 4 is 15.9 Å². The summed E-state index contributed by atoms with van der Waals surface area (Å²) >= 11 is 0. The first-order valence-electron chi connectivity index (χ1n) is 9.31. The quantitative estimate of drug-likeness (QED) is 0.835. The van der Waals surface area contributed by atoms with E-state index < -0.39 is 15.4 Å². The van der Waals surface area contributed by atoms with E-state index in [1.165, 1.54) is 0 Å². The van der Waals surface area contributed by atoms with E-state index in [2.05, 4.69) is 5.32 Å². The number of urea groups is 1.